The molecule has 0 saturated heterocycles. The van der Waals surface area contributed by atoms with Crippen molar-refractivity contribution in [2.24, 2.45) is 5.92 Å². The lowest BCUT2D eigenvalue weighted by atomic mass is 10.2. The van der Waals surface area contributed by atoms with Gasteiger partial charge in [0.15, 0.2) is 5.69 Å². The van der Waals surface area contributed by atoms with E-state index in [1.54, 1.807) is 13.3 Å². The Bertz CT molecular complexity index is 414. The van der Waals surface area contributed by atoms with E-state index in [1.165, 1.54) is 12.8 Å². The summed E-state index contributed by atoms with van der Waals surface area (Å²) in [6, 6.07) is 0.422. The fourth-order valence-electron chi connectivity index (χ4n) is 2.24. The van der Waals surface area contributed by atoms with E-state index in [-0.39, 0.29) is 5.69 Å². The Hall–Kier alpha value is -1.52. The average molecular weight is 237 g/mol. The molecule has 0 radical (unpaired) electrons. The lowest BCUT2D eigenvalue weighted by Crippen LogP contribution is -2.10. The molecule has 5 heteroatoms. The van der Waals surface area contributed by atoms with Gasteiger partial charge in [-0.1, -0.05) is 13.3 Å². The minimum absolute atomic E-state index is 0.244. The summed E-state index contributed by atoms with van der Waals surface area (Å²) in [7, 11) is 0. The largest absolute Gasteiger partial charge is 0.461 e. The molecular weight excluding hydrogens is 218 g/mol. The predicted molar refractivity (Wildman–Crippen MR) is 64.6 cm³/mol. The molecule has 1 heterocycles. The number of ether oxygens (including phenoxy) is 1. The summed E-state index contributed by atoms with van der Waals surface area (Å²) in [5.41, 5.74) is 6.18. The number of carbonyl (C=O) groups is 1. The van der Waals surface area contributed by atoms with E-state index in [0.29, 0.717) is 24.4 Å². The molecule has 0 aliphatic heterocycles. The van der Waals surface area contributed by atoms with Crippen molar-refractivity contribution in [3.05, 3.63) is 12.0 Å². The first-order valence-electron chi connectivity index (χ1n) is 6.18. The van der Waals surface area contributed by atoms with Gasteiger partial charge in [0.2, 0.25) is 0 Å². The van der Waals surface area contributed by atoms with Crippen LogP contribution in [0.2, 0.25) is 0 Å². The molecule has 0 spiro atoms. The Balaban J connectivity index is 2.09. The summed E-state index contributed by atoms with van der Waals surface area (Å²) in [5, 5.41) is 0. The second-order valence-corrected chi connectivity index (χ2v) is 4.46. The number of hydrogen-bond acceptors (Lipinski definition) is 4. The molecule has 0 aromatic carbocycles. The first kappa shape index (κ1) is 12.0. The number of imidazole rings is 1. The third-order valence-electron chi connectivity index (χ3n) is 3.20. The summed E-state index contributed by atoms with van der Waals surface area (Å²) < 4.78 is 6.81. The zero-order valence-corrected chi connectivity index (χ0v) is 10.3. The van der Waals surface area contributed by atoms with Crippen molar-refractivity contribution in [2.75, 3.05) is 12.3 Å². The molecule has 1 aromatic rings. The van der Waals surface area contributed by atoms with E-state index < -0.39 is 5.97 Å². The summed E-state index contributed by atoms with van der Waals surface area (Å²) in [5.74, 6) is 0.690. The maximum absolute atomic E-state index is 11.6. The SMILES string of the molecule is CCCC1CC1n1cnc(C(=O)OCC)c1N. The van der Waals surface area contributed by atoms with E-state index in [0.717, 1.165) is 6.42 Å². The predicted octanol–water partition coefficient (Wildman–Crippen LogP) is 2.00. The minimum atomic E-state index is -0.434. The Kier molecular flexibility index (Phi) is 3.36. The van der Waals surface area contributed by atoms with Crippen LogP contribution in [-0.4, -0.2) is 22.1 Å². The number of nitrogens with two attached hydrogens (primary N) is 1. The lowest BCUT2D eigenvalue weighted by molar-refractivity contribution is 0.0521. The number of hydrogen-bond donors (Lipinski definition) is 1. The molecule has 2 N–H and O–H groups in total. The zero-order valence-electron chi connectivity index (χ0n) is 10.3. The first-order valence-corrected chi connectivity index (χ1v) is 6.18. The van der Waals surface area contributed by atoms with Gasteiger partial charge in [-0.15, -0.1) is 0 Å². The number of nitrogen functional groups attached to an aromatic ring is 1. The number of aromatic nitrogens is 2. The third-order valence-corrected chi connectivity index (χ3v) is 3.20. The maximum atomic E-state index is 11.6. The third kappa shape index (κ3) is 2.28. The highest BCUT2D eigenvalue weighted by Gasteiger charge is 2.39. The summed E-state index contributed by atoms with van der Waals surface area (Å²) in [6.45, 7) is 4.28. The second kappa shape index (κ2) is 4.77. The van der Waals surface area contributed by atoms with Crippen LogP contribution in [0.15, 0.2) is 6.33 Å². The smallest absolute Gasteiger partial charge is 0.360 e. The van der Waals surface area contributed by atoms with Crippen molar-refractivity contribution >= 4 is 11.8 Å². The van der Waals surface area contributed by atoms with E-state index in [4.69, 9.17) is 10.5 Å². The molecule has 2 unspecified atom stereocenters. The lowest BCUT2D eigenvalue weighted by Gasteiger charge is -2.04. The minimum Gasteiger partial charge on any atom is -0.461 e. The molecule has 0 bridgehead atoms. The highest BCUT2D eigenvalue weighted by molar-refractivity contribution is 5.92. The summed E-state index contributed by atoms with van der Waals surface area (Å²) in [6.07, 6.45) is 5.18. The molecule has 1 fully saturated rings. The topological polar surface area (TPSA) is 70.1 Å². The van der Waals surface area contributed by atoms with E-state index >= 15 is 0 Å². The van der Waals surface area contributed by atoms with Gasteiger partial charge < -0.3 is 15.0 Å². The number of rotatable bonds is 5. The average Bonchev–Trinajstić information content (AvgIpc) is 2.93. The summed E-state index contributed by atoms with van der Waals surface area (Å²) in [4.78, 5) is 15.6. The van der Waals surface area contributed by atoms with Crippen LogP contribution in [0.5, 0.6) is 0 Å². The fourth-order valence-corrected chi connectivity index (χ4v) is 2.24. The van der Waals surface area contributed by atoms with Gasteiger partial charge in [-0.25, -0.2) is 9.78 Å². The number of nitrogens with zero attached hydrogens (tertiary/aromatic N) is 2. The van der Waals surface area contributed by atoms with Crippen LogP contribution in [0, 0.1) is 5.92 Å². The highest BCUT2D eigenvalue weighted by Crippen LogP contribution is 2.47. The van der Waals surface area contributed by atoms with Crippen LogP contribution < -0.4 is 5.73 Å². The van der Waals surface area contributed by atoms with E-state index in [2.05, 4.69) is 11.9 Å². The molecule has 1 aliphatic rings. The zero-order chi connectivity index (χ0) is 12.4. The number of anilines is 1. The molecule has 5 nitrogen and oxygen atoms in total. The van der Waals surface area contributed by atoms with Gasteiger partial charge in [-0.2, -0.15) is 0 Å². The molecule has 0 amide bonds. The van der Waals surface area contributed by atoms with Gasteiger partial charge in [0.1, 0.15) is 5.82 Å². The number of esters is 1. The van der Waals surface area contributed by atoms with Crippen LogP contribution in [0.1, 0.15) is 49.6 Å². The normalized spacial score (nSPS) is 22.5. The monoisotopic (exact) mass is 237 g/mol. The Labute approximate surface area is 101 Å². The van der Waals surface area contributed by atoms with Gasteiger partial charge in [-0.3, -0.25) is 0 Å². The van der Waals surface area contributed by atoms with Crippen LogP contribution in [-0.2, 0) is 4.74 Å². The second-order valence-electron chi connectivity index (χ2n) is 4.46. The van der Waals surface area contributed by atoms with Crippen LogP contribution >= 0.6 is 0 Å². The molecule has 17 heavy (non-hydrogen) atoms. The first-order chi connectivity index (χ1) is 8.19. The summed E-state index contributed by atoms with van der Waals surface area (Å²) >= 11 is 0. The number of carbonyl (C=O) groups excluding carboxylic acids is 1. The van der Waals surface area contributed by atoms with Crippen molar-refractivity contribution in [1.29, 1.82) is 0 Å². The van der Waals surface area contributed by atoms with Crippen molar-refractivity contribution < 1.29 is 9.53 Å². The molecular formula is C12H19N3O2. The molecule has 2 rings (SSSR count). The van der Waals surface area contributed by atoms with Gasteiger partial charge in [0.05, 0.1) is 12.9 Å². The van der Waals surface area contributed by atoms with E-state index in [1.807, 2.05) is 4.57 Å². The quantitative estimate of drug-likeness (QED) is 0.795. The van der Waals surface area contributed by atoms with Crippen molar-refractivity contribution in [3.63, 3.8) is 0 Å². The Morgan fingerprint density at radius 3 is 3.06 bits per heavy atom. The van der Waals surface area contributed by atoms with Crippen LogP contribution in [0.3, 0.4) is 0 Å². The van der Waals surface area contributed by atoms with Gasteiger partial charge in [0, 0.05) is 6.04 Å². The van der Waals surface area contributed by atoms with Crippen molar-refractivity contribution in [3.8, 4) is 0 Å². The van der Waals surface area contributed by atoms with Crippen LogP contribution in [0.25, 0.3) is 0 Å². The van der Waals surface area contributed by atoms with E-state index in [9.17, 15) is 4.79 Å². The maximum Gasteiger partial charge on any atom is 0.360 e. The van der Waals surface area contributed by atoms with Crippen molar-refractivity contribution in [2.45, 2.75) is 39.2 Å². The molecule has 1 saturated carbocycles. The van der Waals surface area contributed by atoms with Crippen LogP contribution in [0.4, 0.5) is 5.82 Å². The molecule has 1 aromatic heterocycles. The van der Waals surface area contributed by atoms with Gasteiger partial charge >= 0.3 is 5.97 Å². The molecule has 1 aliphatic carbocycles. The molecule has 94 valence electrons. The van der Waals surface area contributed by atoms with Gasteiger partial charge in [0.25, 0.3) is 0 Å². The Morgan fingerprint density at radius 2 is 2.41 bits per heavy atom. The van der Waals surface area contributed by atoms with Crippen molar-refractivity contribution in [1.82, 2.24) is 9.55 Å². The standard InChI is InChI=1S/C12H19N3O2/c1-3-5-8-6-9(8)15-7-14-10(11(15)13)12(16)17-4-2/h7-9H,3-6,13H2,1-2H3. The van der Waals surface area contributed by atoms with Gasteiger partial charge in [-0.05, 0) is 25.7 Å². The fraction of sp³-hybridized carbons (Fsp3) is 0.667. The Morgan fingerprint density at radius 1 is 1.65 bits per heavy atom. The highest BCUT2D eigenvalue weighted by atomic mass is 16.5. The molecule has 2 atom stereocenters.